The van der Waals surface area contributed by atoms with E-state index in [-0.39, 0.29) is 11.9 Å². The number of carbonyl (C=O) groups is 2. The van der Waals surface area contributed by atoms with E-state index >= 15 is 0 Å². The molecule has 0 aliphatic rings. The molecule has 0 fully saturated rings. The molecule has 0 saturated heterocycles. The van der Waals surface area contributed by atoms with E-state index < -0.39 is 0 Å². The smallest absolute Gasteiger partial charge is 0.330 e. The summed E-state index contributed by atoms with van der Waals surface area (Å²) in [6, 6.07) is 57.4. The Hall–Kier alpha value is -8.90. The molecule has 0 bridgehead atoms. The third-order valence-corrected chi connectivity index (χ3v) is 13.1. The number of anilines is 2. The summed E-state index contributed by atoms with van der Waals surface area (Å²) in [5, 5.41) is 29.5. The number of nitrogens with zero attached hydrogens (tertiary/aromatic N) is 4. The second-order valence-corrected chi connectivity index (χ2v) is 19.3. The van der Waals surface area contributed by atoms with E-state index in [0.717, 1.165) is 131 Å². The van der Waals surface area contributed by atoms with Crippen molar-refractivity contribution in [1.82, 2.24) is 0 Å². The van der Waals surface area contributed by atoms with Gasteiger partial charge in [0.2, 0.25) is 0 Å². The van der Waals surface area contributed by atoms with Gasteiger partial charge in [0.05, 0.1) is 49.2 Å². The number of unbranched alkanes of at least 4 members (excludes halogenated alkanes) is 6. The number of carbonyl (C=O) groups excluding carboxylic acids is 2. The molecule has 0 aromatic heterocycles. The zero-order chi connectivity index (χ0) is 56.0. The summed E-state index contributed by atoms with van der Waals surface area (Å²) in [6.45, 7) is 14.7. The van der Waals surface area contributed by atoms with Crippen molar-refractivity contribution >= 4 is 67.6 Å². The second kappa shape index (κ2) is 32.7. The molecule has 12 heteroatoms. The molecule has 0 unspecified atom stereocenters. The zero-order valence-electron chi connectivity index (χ0n) is 46.3. The van der Waals surface area contributed by atoms with Crippen LogP contribution in [0.5, 0.6) is 11.5 Å². The summed E-state index contributed by atoms with van der Waals surface area (Å²) < 4.78 is 21.7. The van der Waals surface area contributed by atoms with Gasteiger partial charge in [0.1, 0.15) is 11.5 Å². The summed E-state index contributed by atoms with van der Waals surface area (Å²) in [5.74, 6) is 1.02. The molecule has 8 aromatic rings. The van der Waals surface area contributed by atoms with Gasteiger partial charge in [-0.2, -0.15) is 10.2 Å². The fraction of sp³-hybridized carbons (Fsp3) is 0.265. The van der Waals surface area contributed by atoms with Crippen molar-refractivity contribution in [1.29, 1.82) is 0 Å². The summed E-state index contributed by atoms with van der Waals surface area (Å²) in [5.41, 5.74) is 10.4. The first-order chi connectivity index (χ1) is 39.3. The normalized spacial score (nSPS) is 11.0. The molecule has 80 heavy (non-hydrogen) atoms. The van der Waals surface area contributed by atoms with Crippen LogP contribution in [0, 0.1) is 6.92 Å². The van der Waals surface area contributed by atoms with Gasteiger partial charge in [0.15, 0.2) is 0 Å². The predicted octanol–water partition coefficient (Wildman–Crippen LogP) is 18.3. The number of rotatable bonds is 30. The molecule has 0 spiro atoms. The number of hydrogen-bond acceptors (Lipinski definition) is 12. The molecule has 0 aliphatic carbocycles. The Balaban J connectivity index is 0.000000231. The number of fused-ring (bicyclic) bond motifs is 2. The minimum absolute atomic E-state index is 0.360. The fourth-order valence-electron chi connectivity index (χ4n) is 8.66. The fourth-order valence-corrected chi connectivity index (χ4v) is 8.66. The lowest BCUT2D eigenvalue weighted by atomic mass is 10.1. The van der Waals surface area contributed by atoms with Gasteiger partial charge in [0, 0.05) is 58.2 Å². The number of hydrogen-bond donors (Lipinski definition) is 2. The first-order valence-corrected chi connectivity index (χ1v) is 27.8. The predicted molar refractivity (Wildman–Crippen MR) is 326 cm³/mol. The Morgan fingerprint density at radius 2 is 0.825 bits per heavy atom. The maximum Gasteiger partial charge on any atom is 0.330 e. The van der Waals surface area contributed by atoms with Gasteiger partial charge in [-0.1, -0.05) is 129 Å². The van der Waals surface area contributed by atoms with E-state index in [4.69, 9.17) is 18.9 Å². The Bertz CT molecular complexity index is 3270. The van der Waals surface area contributed by atoms with Crippen LogP contribution in [0.4, 0.5) is 34.1 Å². The molecule has 8 aromatic carbocycles. The minimum Gasteiger partial charge on any atom is -0.494 e. The Labute approximate surface area is 471 Å². The maximum absolute atomic E-state index is 11.0. The summed E-state index contributed by atoms with van der Waals surface area (Å²) in [7, 11) is 0. The first kappa shape index (κ1) is 58.8. The highest BCUT2D eigenvalue weighted by Gasteiger charge is 2.09. The lowest BCUT2D eigenvalue weighted by Crippen LogP contribution is -2.02. The Kier molecular flexibility index (Phi) is 24.1. The quantitative estimate of drug-likeness (QED) is 0.0196. The molecule has 8 rings (SSSR count). The molecule has 0 amide bonds. The van der Waals surface area contributed by atoms with E-state index in [1.165, 1.54) is 34.4 Å². The van der Waals surface area contributed by atoms with Crippen molar-refractivity contribution < 1.29 is 28.5 Å². The van der Waals surface area contributed by atoms with E-state index in [2.05, 4.69) is 131 Å². The van der Waals surface area contributed by atoms with Gasteiger partial charge in [-0.05, 0) is 154 Å². The number of ether oxygens (including phenoxy) is 4. The van der Waals surface area contributed by atoms with E-state index in [1.54, 1.807) is 0 Å². The Morgan fingerprint density at radius 1 is 0.438 bits per heavy atom. The van der Waals surface area contributed by atoms with Gasteiger partial charge >= 0.3 is 11.9 Å². The number of azo groups is 2. The van der Waals surface area contributed by atoms with E-state index in [0.29, 0.717) is 39.5 Å². The van der Waals surface area contributed by atoms with Gasteiger partial charge in [-0.15, -0.1) is 10.2 Å². The summed E-state index contributed by atoms with van der Waals surface area (Å²) in [4.78, 5) is 22.0. The third-order valence-electron chi connectivity index (χ3n) is 13.1. The highest BCUT2D eigenvalue weighted by atomic mass is 16.5. The lowest BCUT2D eigenvalue weighted by Gasteiger charge is -2.12. The number of benzene rings is 8. The molecule has 0 heterocycles. The van der Waals surface area contributed by atoms with Crippen LogP contribution in [0.15, 0.2) is 216 Å². The number of esters is 2. The SMILES string of the molecule is C=CC(=O)OCCCCCCOc1ccc(CNc2ccc(N=Nc3ccc(C)cc3)c3ccccc23)cc1.C=CC(=O)OCCCCCCOc1ccc(CNc2ccc(N=Nc3ccc(CCC)cc3)c3ccccc23)cc1. The molecule has 2 N–H and O–H groups in total. The topological polar surface area (TPSA) is 145 Å². The van der Waals surface area contributed by atoms with Crippen molar-refractivity contribution in [2.45, 2.75) is 91.1 Å². The molecule has 12 nitrogen and oxygen atoms in total. The van der Waals surface area contributed by atoms with Crippen LogP contribution in [-0.4, -0.2) is 38.4 Å². The van der Waals surface area contributed by atoms with Crippen molar-refractivity contribution in [3.8, 4) is 11.5 Å². The van der Waals surface area contributed by atoms with Crippen molar-refractivity contribution in [3.05, 3.63) is 217 Å². The molecule has 0 saturated carbocycles. The number of nitrogens with one attached hydrogen (secondary N) is 2. The third kappa shape index (κ3) is 19.5. The molecule has 0 atom stereocenters. The molecule has 0 radical (unpaired) electrons. The average Bonchev–Trinajstić information content (AvgIpc) is 3.53. The van der Waals surface area contributed by atoms with Crippen molar-refractivity contribution in [2.24, 2.45) is 20.5 Å². The molecule has 412 valence electrons. The van der Waals surface area contributed by atoms with Crippen LogP contribution >= 0.6 is 0 Å². The van der Waals surface area contributed by atoms with Crippen LogP contribution < -0.4 is 20.1 Å². The largest absolute Gasteiger partial charge is 0.494 e. The van der Waals surface area contributed by atoms with Crippen LogP contribution in [0.2, 0.25) is 0 Å². The molecular weight excluding hydrogens is 997 g/mol. The van der Waals surface area contributed by atoms with Crippen molar-refractivity contribution in [3.63, 3.8) is 0 Å². The average molecular weight is 1070 g/mol. The van der Waals surface area contributed by atoms with Crippen LogP contribution in [0.25, 0.3) is 21.5 Å². The first-order valence-electron chi connectivity index (χ1n) is 27.8. The van der Waals surface area contributed by atoms with Gasteiger partial charge in [-0.3, -0.25) is 0 Å². The highest BCUT2D eigenvalue weighted by molar-refractivity contribution is 6.01. The van der Waals surface area contributed by atoms with Crippen LogP contribution in [0.1, 0.15) is 87.0 Å². The van der Waals surface area contributed by atoms with Crippen molar-refractivity contribution in [2.75, 3.05) is 37.1 Å². The molecule has 0 aliphatic heterocycles. The zero-order valence-corrected chi connectivity index (χ0v) is 46.3. The molecular formula is C68H74N6O6. The maximum atomic E-state index is 11.0. The lowest BCUT2D eigenvalue weighted by molar-refractivity contribution is -0.138. The van der Waals surface area contributed by atoms with Gasteiger partial charge in [-0.25, -0.2) is 9.59 Å². The second-order valence-electron chi connectivity index (χ2n) is 19.3. The van der Waals surface area contributed by atoms with E-state index in [9.17, 15) is 9.59 Å². The minimum atomic E-state index is -0.361. The van der Waals surface area contributed by atoms with Gasteiger partial charge < -0.3 is 29.6 Å². The summed E-state index contributed by atoms with van der Waals surface area (Å²) >= 11 is 0. The van der Waals surface area contributed by atoms with Crippen LogP contribution in [-0.2, 0) is 38.6 Å². The summed E-state index contributed by atoms with van der Waals surface area (Å²) in [6.07, 6.45) is 12.3. The van der Waals surface area contributed by atoms with Gasteiger partial charge in [0.25, 0.3) is 0 Å². The van der Waals surface area contributed by atoms with E-state index in [1.807, 2.05) is 97.1 Å². The van der Waals surface area contributed by atoms with Crippen LogP contribution in [0.3, 0.4) is 0 Å². The number of aryl methyl sites for hydroxylation is 2. The monoisotopic (exact) mass is 1070 g/mol. The Morgan fingerprint density at radius 3 is 1.24 bits per heavy atom. The highest BCUT2D eigenvalue weighted by Crippen LogP contribution is 2.35. The standard InChI is InChI=1S/C35H39N3O3.C33H35N3O3/c1-3-11-27-14-18-29(19-15-27)37-38-34-23-22-33(31-12-7-8-13-32(31)34)36-26-28-16-20-30(21-17-28)40-24-9-5-6-10-25-41-35(39)4-2;1-3-33(37)39-23-9-5-4-8-22-38-28-18-14-26(15-19-28)24-34-31-20-21-32(30-11-7-6-10-29(30)31)36-35-27-16-12-25(2)13-17-27/h4,7-8,12-23,36H,2-3,5-6,9-11,24-26H2,1H3;3,6-7,10-21,34H,1,4-5,8-9,22-24H2,2H3.